The second-order valence-electron chi connectivity index (χ2n) is 5.19. The standard InChI is InChI=1S/C17H13ClFN3O2S2/c1-24-13-7-2-9(18)8-12(13)22-15(20)14(26-17(22)25)16(23)21-11-5-3-10(19)4-6-11/h2-8H,20H2,1H3,(H,21,23). The zero-order chi connectivity index (χ0) is 18.8. The van der Waals surface area contributed by atoms with Gasteiger partial charge in [0.15, 0.2) is 3.95 Å². The van der Waals surface area contributed by atoms with Gasteiger partial charge in [0.1, 0.15) is 22.3 Å². The summed E-state index contributed by atoms with van der Waals surface area (Å²) in [5.74, 6) is -0.150. The maximum atomic E-state index is 13.0. The predicted molar refractivity (Wildman–Crippen MR) is 105 cm³/mol. The number of hydrogen-bond acceptors (Lipinski definition) is 5. The average Bonchev–Trinajstić information content (AvgIpc) is 2.91. The Hall–Kier alpha value is -2.42. The minimum Gasteiger partial charge on any atom is -0.495 e. The van der Waals surface area contributed by atoms with E-state index in [2.05, 4.69) is 5.32 Å². The number of nitrogens with one attached hydrogen (secondary N) is 1. The minimum atomic E-state index is -0.440. The maximum absolute atomic E-state index is 13.0. The normalized spacial score (nSPS) is 10.6. The molecule has 3 rings (SSSR count). The molecule has 2 aromatic carbocycles. The van der Waals surface area contributed by atoms with Crippen LogP contribution in [-0.2, 0) is 0 Å². The lowest BCUT2D eigenvalue weighted by molar-refractivity contribution is 0.103. The van der Waals surface area contributed by atoms with Gasteiger partial charge in [-0.2, -0.15) is 0 Å². The monoisotopic (exact) mass is 409 g/mol. The lowest BCUT2D eigenvalue weighted by atomic mass is 10.2. The van der Waals surface area contributed by atoms with Gasteiger partial charge in [-0.3, -0.25) is 9.36 Å². The fourth-order valence-corrected chi connectivity index (χ4v) is 3.75. The number of thiazole rings is 1. The zero-order valence-corrected chi connectivity index (χ0v) is 15.8. The van der Waals surface area contributed by atoms with Gasteiger partial charge in [0, 0.05) is 10.7 Å². The predicted octanol–water partition coefficient (Wildman–Crippen LogP) is 4.90. The molecule has 134 valence electrons. The minimum absolute atomic E-state index is 0.167. The molecule has 5 nitrogen and oxygen atoms in total. The summed E-state index contributed by atoms with van der Waals surface area (Å²) in [5, 5.41) is 3.14. The number of benzene rings is 2. The Kier molecular flexibility index (Phi) is 5.26. The fourth-order valence-electron chi connectivity index (χ4n) is 2.33. The molecule has 3 N–H and O–H groups in total. The van der Waals surface area contributed by atoms with E-state index in [9.17, 15) is 9.18 Å². The Morgan fingerprint density at radius 2 is 2.00 bits per heavy atom. The first-order chi connectivity index (χ1) is 12.4. The molecule has 3 aromatic rings. The molecule has 0 atom stereocenters. The van der Waals surface area contributed by atoms with Crippen molar-refractivity contribution in [3.05, 3.63) is 62.1 Å². The molecule has 0 aliphatic carbocycles. The molecule has 0 aliphatic heterocycles. The number of carbonyl (C=O) groups excluding carboxylic acids is 1. The first-order valence-electron chi connectivity index (χ1n) is 7.33. The molecule has 0 aliphatic rings. The molecular formula is C17H13ClFN3O2S2. The van der Waals surface area contributed by atoms with Crippen molar-refractivity contribution in [1.82, 2.24) is 4.57 Å². The van der Waals surface area contributed by atoms with Gasteiger partial charge in [0.25, 0.3) is 5.91 Å². The van der Waals surface area contributed by atoms with Gasteiger partial charge < -0.3 is 15.8 Å². The molecule has 9 heteroatoms. The number of aromatic nitrogens is 1. The smallest absolute Gasteiger partial charge is 0.269 e. The molecule has 1 aromatic heterocycles. The van der Waals surface area contributed by atoms with E-state index in [-0.39, 0.29) is 10.7 Å². The van der Waals surface area contributed by atoms with Gasteiger partial charge in [0.05, 0.1) is 12.8 Å². The molecule has 0 fully saturated rings. The third-order valence-corrected chi connectivity index (χ3v) is 5.16. The molecule has 0 saturated carbocycles. The Bertz CT molecular complexity index is 1030. The number of rotatable bonds is 4. The van der Waals surface area contributed by atoms with Crippen molar-refractivity contribution in [3.8, 4) is 11.4 Å². The van der Waals surface area contributed by atoms with Crippen LogP contribution in [0.15, 0.2) is 42.5 Å². The molecule has 26 heavy (non-hydrogen) atoms. The third kappa shape index (κ3) is 3.57. The van der Waals surface area contributed by atoms with E-state index in [1.807, 2.05) is 0 Å². The zero-order valence-electron chi connectivity index (χ0n) is 13.5. The number of methoxy groups -OCH3 is 1. The van der Waals surface area contributed by atoms with E-state index in [0.717, 1.165) is 11.3 Å². The molecule has 0 bridgehead atoms. The van der Waals surface area contributed by atoms with E-state index < -0.39 is 11.7 Å². The number of amides is 1. The summed E-state index contributed by atoms with van der Waals surface area (Å²) in [5.41, 5.74) is 7.16. The summed E-state index contributed by atoms with van der Waals surface area (Å²) in [7, 11) is 1.51. The van der Waals surface area contributed by atoms with Crippen molar-refractivity contribution in [3.63, 3.8) is 0 Å². The van der Waals surface area contributed by atoms with E-state index >= 15 is 0 Å². The maximum Gasteiger partial charge on any atom is 0.269 e. The van der Waals surface area contributed by atoms with Crippen LogP contribution in [0.4, 0.5) is 15.9 Å². The Balaban J connectivity index is 2.01. The Labute approximate surface area is 162 Å². The second kappa shape index (κ2) is 7.45. The number of nitrogens with zero attached hydrogens (tertiary/aromatic N) is 1. The number of carbonyl (C=O) groups is 1. The molecule has 1 amide bonds. The van der Waals surface area contributed by atoms with Gasteiger partial charge in [-0.25, -0.2) is 4.39 Å². The van der Waals surface area contributed by atoms with Crippen molar-refractivity contribution in [2.75, 3.05) is 18.2 Å². The van der Waals surface area contributed by atoms with Crippen molar-refractivity contribution >= 4 is 52.6 Å². The summed E-state index contributed by atoms with van der Waals surface area (Å²) >= 11 is 12.5. The Morgan fingerprint density at radius 1 is 1.31 bits per heavy atom. The largest absolute Gasteiger partial charge is 0.495 e. The van der Waals surface area contributed by atoms with Crippen molar-refractivity contribution in [2.24, 2.45) is 0 Å². The fraction of sp³-hybridized carbons (Fsp3) is 0.0588. The molecule has 0 saturated heterocycles. The lowest BCUT2D eigenvalue weighted by Crippen LogP contribution is -2.13. The third-order valence-electron chi connectivity index (χ3n) is 3.54. The van der Waals surface area contributed by atoms with Crippen molar-refractivity contribution in [2.45, 2.75) is 0 Å². The van der Waals surface area contributed by atoms with Gasteiger partial charge in [-0.05, 0) is 54.7 Å². The van der Waals surface area contributed by atoms with Gasteiger partial charge >= 0.3 is 0 Å². The van der Waals surface area contributed by atoms with Crippen LogP contribution >= 0.6 is 35.2 Å². The highest BCUT2D eigenvalue weighted by atomic mass is 35.5. The first kappa shape index (κ1) is 18.4. The van der Waals surface area contributed by atoms with Gasteiger partial charge in [-0.15, -0.1) is 0 Å². The lowest BCUT2D eigenvalue weighted by Gasteiger charge is -2.12. The molecule has 0 spiro atoms. The van der Waals surface area contributed by atoms with Crippen LogP contribution in [0.3, 0.4) is 0 Å². The molecule has 0 radical (unpaired) electrons. The highest BCUT2D eigenvalue weighted by Gasteiger charge is 2.20. The summed E-state index contributed by atoms with van der Waals surface area (Å²) in [6.07, 6.45) is 0. The summed E-state index contributed by atoms with van der Waals surface area (Å²) < 4.78 is 20.2. The van der Waals surface area contributed by atoms with Crippen LogP contribution in [-0.4, -0.2) is 17.6 Å². The highest BCUT2D eigenvalue weighted by Crippen LogP contribution is 2.33. The number of nitrogens with two attached hydrogens (primary N) is 1. The van der Waals surface area contributed by atoms with E-state index in [1.165, 1.54) is 35.9 Å². The van der Waals surface area contributed by atoms with Crippen molar-refractivity contribution < 1.29 is 13.9 Å². The van der Waals surface area contributed by atoms with Crippen LogP contribution < -0.4 is 15.8 Å². The van der Waals surface area contributed by atoms with Crippen LogP contribution in [0.25, 0.3) is 5.69 Å². The van der Waals surface area contributed by atoms with Gasteiger partial charge in [0.2, 0.25) is 0 Å². The number of nitrogen functional groups attached to an aromatic ring is 1. The van der Waals surface area contributed by atoms with E-state index in [0.29, 0.717) is 26.1 Å². The van der Waals surface area contributed by atoms with E-state index in [4.69, 9.17) is 34.3 Å². The quantitative estimate of drug-likeness (QED) is 0.601. The van der Waals surface area contributed by atoms with Crippen LogP contribution in [0.1, 0.15) is 9.67 Å². The van der Waals surface area contributed by atoms with Crippen LogP contribution in [0, 0.1) is 9.77 Å². The number of ether oxygens (including phenoxy) is 1. The van der Waals surface area contributed by atoms with Crippen LogP contribution in [0.2, 0.25) is 5.02 Å². The summed E-state index contributed by atoms with van der Waals surface area (Å²) in [6.45, 7) is 0. The molecule has 0 unspecified atom stereocenters. The second-order valence-corrected chi connectivity index (χ2v) is 7.28. The van der Waals surface area contributed by atoms with Crippen LogP contribution in [0.5, 0.6) is 5.75 Å². The van der Waals surface area contributed by atoms with Crippen molar-refractivity contribution in [1.29, 1.82) is 0 Å². The molecule has 1 heterocycles. The average molecular weight is 410 g/mol. The van der Waals surface area contributed by atoms with E-state index in [1.54, 1.807) is 18.2 Å². The number of hydrogen-bond donors (Lipinski definition) is 2. The Morgan fingerprint density at radius 3 is 2.65 bits per heavy atom. The van der Waals surface area contributed by atoms with Gasteiger partial charge in [-0.1, -0.05) is 22.9 Å². The SMILES string of the molecule is COc1ccc(Cl)cc1-n1c(N)c(C(=O)Nc2ccc(F)cc2)sc1=S. The molecular weight excluding hydrogens is 397 g/mol. The summed E-state index contributed by atoms with van der Waals surface area (Å²) in [4.78, 5) is 12.8. The number of halogens is 2. The number of anilines is 2. The first-order valence-corrected chi connectivity index (χ1v) is 8.93. The highest BCUT2D eigenvalue weighted by molar-refractivity contribution is 7.73. The topological polar surface area (TPSA) is 69.3 Å². The summed E-state index contributed by atoms with van der Waals surface area (Å²) in [6, 6.07) is 10.4.